The van der Waals surface area contributed by atoms with E-state index in [0.717, 1.165) is 42.9 Å². The van der Waals surface area contributed by atoms with E-state index >= 15 is 0 Å². The third-order valence-corrected chi connectivity index (χ3v) is 5.19. The molecule has 1 atom stereocenters. The minimum Gasteiger partial charge on any atom is -0.490 e. The highest BCUT2D eigenvalue weighted by Crippen LogP contribution is 2.37. The Morgan fingerprint density at radius 3 is 2.82 bits per heavy atom. The number of nitrogens with zero attached hydrogens (tertiary/aromatic N) is 2. The molecule has 0 unspecified atom stereocenters. The number of hydrogen-bond donors (Lipinski definition) is 1. The van der Waals surface area contributed by atoms with Gasteiger partial charge in [-0.2, -0.15) is 5.26 Å². The summed E-state index contributed by atoms with van der Waals surface area (Å²) in [6.45, 7) is 2.49. The van der Waals surface area contributed by atoms with Crippen LogP contribution in [0.25, 0.3) is 0 Å². The van der Waals surface area contributed by atoms with E-state index in [2.05, 4.69) is 22.4 Å². The number of hydrogen-bond acceptors (Lipinski definition) is 5. The number of rotatable bonds is 4. The van der Waals surface area contributed by atoms with Crippen LogP contribution >= 0.6 is 0 Å². The molecule has 0 radical (unpaired) electrons. The number of carbonyl (C=O) groups excluding carboxylic acids is 1. The van der Waals surface area contributed by atoms with Gasteiger partial charge in [-0.25, -0.2) is 0 Å². The van der Waals surface area contributed by atoms with Crippen LogP contribution in [-0.2, 0) is 4.79 Å². The number of carbonyl (C=O) groups is 1. The average molecular weight is 377 g/mol. The molecule has 2 heterocycles. The summed E-state index contributed by atoms with van der Waals surface area (Å²) < 4.78 is 11.5. The van der Waals surface area contributed by atoms with Crippen molar-refractivity contribution in [3.05, 3.63) is 53.6 Å². The number of nitrogens with one attached hydrogen (secondary N) is 1. The van der Waals surface area contributed by atoms with Gasteiger partial charge in [0.05, 0.1) is 31.0 Å². The summed E-state index contributed by atoms with van der Waals surface area (Å²) in [6.07, 6.45) is 2.92. The molecule has 1 saturated heterocycles. The van der Waals surface area contributed by atoms with Gasteiger partial charge in [0.25, 0.3) is 0 Å². The predicted octanol–water partition coefficient (Wildman–Crippen LogP) is 3.50. The Kier molecular flexibility index (Phi) is 5.45. The molecular formula is C22H23N3O3. The molecule has 0 bridgehead atoms. The third kappa shape index (κ3) is 3.95. The van der Waals surface area contributed by atoms with Gasteiger partial charge in [-0.15, -0.1) is 0 Å². The topological polar surface area (TPSA) is 74.6 Å². The molecule has 0 spiro atoms. The molecule has 0 aliphatic carbocycles. The van der Waals surface area contributed by atoms with Crippen molar-refractivity contribution in [2.24, 2.45) is 0 Å². The highest BCUT2D eigenvalue weighted by Gasteiger charge is 2.28. The van der Waals surface area contributed by atoms with Crippen LogP contribution in [0.15, 0.2) is 42.5 Å². The molecule has 1 amide bonds. The maximum atomic E-state index is 12.6. The van der Waals surface area contributed by atoms with E-state index in [4.69, 9.17) is 9.47 Å². The van der Waals surface area contributed by atoms with Gasteiger partial charge >= 0.3 is 0 Å². The molecule has 1 fully saturated rings. The first-order valence-electron chi connectivity index (χ1n) is 9.67. The molecule has 2 aromatic rings. The predicted molar refractivity (Wildman–Crippen MR) is 105 cm³/mol. The van der Waals surface area contributed by atoms with Gasteiger partial charge in [-0.1, -0.05) is 18.2 Å². The van der Waals surface area contributed by atoms with Crippen molar-refractivity contribution >= 4 is 11.6 Å². The summed E-state index contributed by atoms with van der Waals surface area (Å²) in [5.41, 5.74) is 2.17. The Labute approximate surface area is 164 Å². The highest BCUT2D eigenvalue weighted by molar-refractivity contribution is 5.93. The van der Waals surface area contributed by atoms with Gasteiger partial charge in [-0.05, 0) is 49.2 Å². The fourth-order valence-corrected chi connectivity index (χ4v) is 3.84. The third-order valence-electron chi connectivity index (χ3n) is 5.19. The van der Waals surface area contributed by atoms with Crippen molar-refractivity contribution in [3.63, 3.8) is 0 Å². The molecule has 4 rings (SSSR count). The van der Waals surface area contributed by atoms with Crippen molar-refractivity contribution < 1.29 is 14.3 Å². The first-order valence-corrected chi connectivity index (χ1v) is 9.67. The van der Waals surface area contributed by atoms with E-state index in [1.54, 1.807) is 18.2 Å². The van der Waals surface area contributed by atoms with Gasteiger partial charge in [0.2, 0.25) is 5.91 Å². The smallest absolute Gasteiger partial charge is 0.238 e. The molecule has 0 saturated carbocycles. The first kappa shape index (κ1) is 18.3. The molecule has 2 aromatic carbocycles. The molecule has 2 aliphatic heterocycles. The zero-order valence-electron chi connectivity index (χ0n) is 15.7. The van der Waals surface area contributed by atoms with Crippen molar-refractivity contribution in [2.75, 3.05) is 31.6 Å². The molecule has 1 N–H and O–H groups in total. The van der Waals surface area contributed by atoms with Gasteiger partial charge in [0.15, 0.2) is 11.5 Å². The summed E-state index contributed by atoms with van der Waals surface area (Å²) in [5.74, 6) is 1.47. The maximum absolute atomic E-state index is 12.6. The second kappa shape index (κ2) is 8.32. The fourth-order valence-electron chi connectivity index (χ4n) is 3.84. The van der Waals surface area contributed by atoms with Crippen LogP contribution in [0.3, 0.4) is 0 Å². The fraction of sp³-hybridized carbons (Fsp3) is 0.364. The minimum absolute atomic E-state index is 0.107. The van der Waals surface area contributed by atoms with E-state index in [1.807, 2.05) is 18.2 Å². The van der Waals surface area contributed by atoms with E-state index < -0.39 is 0 Å². The van der Waals surface area contributed by atoms with E-state index in [9.17, 15) is 10.1 Å². The van der Waals surface area contributed by atoms with E-state index in [-0.39, 0.29) is 11.9 Å². The van der Waals surface area contributed by atoms with Crippen LogP contribution in [-0.4, -0.2) is 37.1 Å². The lowest BCUT2D eigenvalue weighted by molar-refractivity contribution is -0.117. The van der Waals surface area contributed by atoms with Gasteiger partial charge in [0.1, 0.15) is 6.07 Å². The number of ether oxygens (including phenoxy) is 2. The molecule has 28 heavy (non-hydrogen) atoms. The second-order valence-electron chi connectivity index (χ2n) is 7.09. The lowest BCUT2D eigenvalue weighted by atomic mass is 10.0. The van der Waals surface area contributed by atoms with Gasteiger partial charge < -0.3 is 14.8 Å². The maximum Gasteiger partial charge on any atom is 0.238 e. The number of para-hydroxylation sites is 1. The van der Waals surface area contributed by atoms with Crippen LogP contribution in [0, 0.1) is 11.3 Å². The average Bonchev–Trinajstić information content (AvgIpc) is 3.03. The molecule has 144 valence electrons. The van der Waals surface area contributed by atoms with Crippen molar-refractivity contribution in [2.45, 2.75) is 25.3 Å². The Morgan fingerprint density at radius 1 is 1.14 bits per heavy atom. The first-order chi connectivity index (χ1) is 13.7. The molecule has 6 heteroatoms. The van der Waals surface area contributed by atoms with Crippen LogP contribution < -0.4 is 14.8 Å². The Bertz CT molecular complexity index is 906. The quantitative estimate of drug-likeness (QED) is 0.883. The Hall–Kier alpha value is -3.04. The Balaban J connectivity index is 1.46. The number of fused-ring (bicyclic) bond motifs is 1. The number of nitriles is 1. The van der Waals surface area contributed by atoms with Crippen LogP contribution in [0.4, 0.5) is 5.69 Å². The summed E-state index contributed by atoms with van der Waals surface area (Å²) in [6, 6.07) is 15.4. The summed E-state index contributed by atoms with van der Waals surface area (Å²) in [4.78, 5) is 14.8. The Morgan fingerprint density at radius 2 is 1.96 bits per heavy atom. The second-order valence-corrected chi connectivity index (χ2v) is 7.09. The SMILES string of the molecule is N#Cc1ccccc1NC(=O)CN1CCC[C@@H]1c1ccc2c(c1)OCCCO2. The largest absolute Gasteiger partial charge is 0.490 e. The van der Waals surface area contributed by atoms with Crippen LogP contribution in [0.2, 0.25) is 0 Å². The molecular weight excluding hydrogens is 354 g/mol. The van der Waals surface area contributed by atoms with Crippen LogP contribution in [0.1, 0.15) is 36.4 Å². The lowest BCUT2D eigenvalue weighted by Gasteiger charge is -2.25. The van der Waals surface area contributed by atoms with E-state index in [0.29, 0.717) is 31.0 Å². The van der Waals surface area contributed by atoms with E-state index in [1.165, 1.54) is 0 Å². The normalized spacial score (nSPS) is 18.9. The van der Waals surface area contributed by atoms with Gasteiger partial charge in [0, 0.05) is 12.5 Å². The molecule has 2 aliphatic rings. The summed E-state index contributed by atoms with van der Waals surface area (Å²) >= 11 is 0. The minimum atomic E-state index is -0.107. The molecule has 0 aromatic heterocycles. The van der Waals surface area contributed by atoms with Gasteiger partial charge in [-0.3, -0.25) is 9.69 Å². The van der Waals surface area contributed by atoms with Crippen molar-refractivity contribution in [1.82, 2.24) is 4.90 Å². The number of anilines is 1. The monoisotopic (exact) mass is 377 g/mol. The summed E-state index contributed by atoms with van der Waals surface area (Å²) in [7, 11) is 0. The number of amides is 1. The van der Waals surface area contributed by atoms with Crippen molar-refractivity contribution in [1.29, 1.82) is 5.26 Å². The standard InChI is InChI=1S/C22H23N3O3/c23-14-17-5-1-2-6-18(17)24-22(26)15-25-10-3-7-19(25)16-8-9-20-21(13-16)28-12-4-11-27-20/h1-2,5-6,8-9,13,19H,3-4,7,10-12,15H2,(H,24,26)/t19-/m1/s1. The summed E-state index contributed by atoms with van der Waals surface area (Å²) in [5, 5.41) is 12.1. The lowest BCUT2D eigenvalue weighted by Crippen LogP contribution is -2.33. The van der Waals surface area contributed by atoms with Crippen molar-refractivity contribution in [3.8, 4) is 17.6 Å². The highest BCUT2D eigenvalue weighted by atomic mass is 16.5. The zero-order chi connectivity index (χ0) is 19.3. The number of benzene rings is 2. The zero-order valence-corrected chi connectivity index (χ0v) is 15.7. The molecule has 6 nitrogen and oxygen atoms in total. The van der Waals surface area contributed by atoms with Crippen LogP contribution in [0.5, 0.6) is 11.5 Å². The number of likely N-dealkylation sites (tertiary alicyclic amines) is 1.